The van der Waals surface area contributed by atoms with Gasteiger partial charge in [0.15, 0.2) is 5.92 Å². The molecule has 0 heterocycles. The van der Waals surface area contributed by atoms with Crippen molar-refractivity contribution in [3.8, 4) is 12.1 Å². The third-order valence-electron chi connectivity index (χ3n) is 5.27. The van der Waals surface area contributed by atoms with E-state index in [0.717, 1.165) is 14.2 Å². The molecular formula is C24H18N2O5. The molecule has 2 aromatic carbocycles. The van der Waals surface area contributed by atoms with Gasteiger partial charge in [-0.05, 0) is 16.7 Å². The lowest BCUT2D eigenvalue weighted by Crippen LogP contribution is -2.39. The Bertz CT molecular complexity index is 1160. The van der Waals surface area contributed by atoms with Crippen LogP contribution in [0.4, 0.5) is 0 Å². The SMILES string of the molecule is COC(=O)C1=C(c2ccccc2)C(c2ccccc2)(C(C#N)C#N)C(C(=O)OC)=C1O. The first-order valence-electron chi connectivity index (χ1n) is 9.24. The van der Waals surface area contributed by atoms with Gasteiger partial charge in [0.05, 0.1) is 37.3 Å². The van der Waals surface area contributed by atoms with E-state index in [2.05, 4.69) is 0 Å². The van der Waals surface area contributed by atoms with E-state index in [1.807, 2.05) is 12.1 Å². The van der Waals surface area contributed by atoms with E-state index in [1.165, 1.54) is 0 Å². The number of hydrogen-bond donors (Lipinski definition) is 1. The Kier molecular flexibility index (Phi) is 5.90. The number of aliphatic hydroxyl groups excluding tert-OH is 1. The minimum absolute atomic E-state index is 0.122. The molecule has 1 aliphatic rings. The van der Waals surface area contributed by atoms with Crippen LogP contribution < -0.4 is 0 Å². The monoisotopic (exact) mass is 414 g/mol. The topological polar surface area (TPSA) is 120 Å². The smallest absolute Gasteiger partial charge is 0.342 e. The van der Waals surface area contributed by atoms with Crippen molar-refractivity contribution in [2.24, 2.45) is 5.92 Å². The number of aliphatic hydroxyl groups is 1. The summed E-state index contributed by atoms with van der Waals surface area (Å²) < 4.78 is 9.80. The van der Waals surface area contributed by atoms with Crippen LogP contribution in [0.5, 0.6) is 0 Å². The van der Waals surface area contributed by atoms with E-state index in [0.29, 0.717) is 11.1 Å². The van der Waals surface area contributed by atoms with Gasteiger partial charge in [-0.15, -0.1) is 0 Å². The number of hydrogen-bond acceptors (Lipinski definition) is 7. The van der Waals surface area contributed by atoms with Crippen LogP contribution in [0.15, 0.2) is 77.6 Å². The molecule has 0 aliphatic heterocycles. The maximum atomic E-state index is 12.9. The number of allylic oxidation sites excluding steroid dienone is 1. The highest BCUT2D eigenvalue weighted by molar-refractivity contribution is 6.13. The molecule has 31 heavy (non-hydrogen) atoms. The molecule has 1 aliphatic carbocycles. The van der Waals surface area contributed by atoms with Crippen LogP contribution in [0.3, 0.4) is 0 Å². The maximum absolute atomic E-state index is 12.9. The van der Waals surface area contributed by atoms with E-state index < -0.39 is 29.0 Å². The van der Waals surface area contributed by atoms with Crippen molar-refractivity contribution in [1.82, 2.24) is 0 Å². The zero-order valence-corrected chi connectivity index (χ0v) is 16.8. The quantitative estimate of drug-likeness (QED) is 0.746. The average Bonchev–Trinajstić information content (AvgIpc) is 3.09. The van der Waals surface area contributed by atoms with Gasteiger partial charge in [0.2, 0.25) is 0 Å². The molecule has 154 valence electrons. The van der Waals surface area contributed by atoms with Gasteiger partial charge in [0.25, 0.3) is 0 Å². The zero-order chi connectivity index (χ0) is 22.6. The zero-order valence-electron chi connectivity index (χ0n) is 16.8. The molecule has 2 aromatic rings. The van der Waals surface area contributed by atoms with Crippen molar-refractivity contribution in [3.05, 3.63) is 88.7 Å². The van der Waals surface area contributed by atoms with Crippen molar-refractivity contribution in [2.45, 2.75) is 5.41 Å². The van der Waals surface area contributed by atoms with Gasteiger partial charge >= 0.3 is 11.9 Å². The van der Waals surface area contributed by atoms with Gasteiger partial charge < -0.3 is 14.6 Å². The molecule has 7 heteroatoms. The number of methoxy groups -OCH3 is 2. The number of carbonyl (C=O) groups is 2. The highest BCUT2D eigenvalue weighted by Crippen LogP contribution is 2.57. The van der Waals surface area contributed by atoms with Gasteiger partial charge in [-0.3, -0.25) is 0 Å². The number of esters is 2. The second-order valence-corrected chi connectivity index (χ2v) is 6.69. The molecule has 0 radical (unpaired) electrons. The summed E-state index contributed by atoms with van der Waals surface area (Å²) in [4.78, 5) is 25.7. The first-order chi connectivity index (χ1) is 15.0. The summed E-state index contributed by atoms with van der Waals surface area (Å²) >= 11 is 0. The van der Waals surface area contributed by atoms with Crippen molar-refractivity contribution in [1.29, 1.82) is 10.5 Å². The molecule has 0 saturated heterocycles. The summed E-state index contributed by atoms with van der Waals surface area (Å²) in [5.74, 6) is -4.05. The van der Waals surface area contributed by atoms with Crippen molar-refractivity contribution in [3.63, 3.8) is 0 Å². The third kappa shape index (κ3) is 3.13. The van der Waals surface area contributed by atoms with Crippen molar-refractivity contribution >= 4 is 17.5 Å². The summed E-state index contributed by atoms with van der Waals surface area (Å²) in [6.45, 7) is 0. The van der Waals surface area contributed by atoms with E-state index in [4.69, 9.17) is 9.47 Å². The fraction of sp³-hybridized carbons (Fsp3) is 0.167. The molecular weight excluding hydrogens is 396 g/mol. The first-order valence-corrected chi connectivity index (χ1v) is 9.24. The molecule has 0 aromatic heterocycles. The molecule has 1 atom stereocenters. The normalized spacial score (nSPS) is 17.8. The van der Waals surface area contributed by atoms with Crippen molar-refractivity contribution < 1.29 is 24.2 Å². The fourth-order valence-corrected chi connectivity index (χ4v) is 4.06. The second-order valence-electron chi connectivity index (χ2n) is 6.69. The van der Waals surface area contributed by atoms with Crippen LogP contribution >= 0.6 is 0 Å². The standard InChI is InChI=1S/C24H18N2O5/c1-30-22(28)18-19(15-9-5-3-6-10-15)24(17(13-25)14-26,16-11-7-4-8-12-16)20(21(18)27)23(29)31-2/h3-12,17,27H,1-2H3. The maximum Gasteiger partial charge on any atom is 0.342 e. The molecule has 0 amide bonds. The summed E-state index contributed by atoms with van der Waals surface area (Å²) in [6.07, 6.45) is 0. The Morgan fingerprint density at radius 3 is 1.90 bits per heavy atom. The van der Waals surface area contributed by atoms with E-state index in [-0.39, 0.29) is 16.7 Å². The fourth-order valence-electron chi connectivity index (χ4n) is 4.06. The molecule has 0 fully saturated rings. The predicted molar refractivity (Wildman–Crippen MR) is 110 cm³/mol. The Labute approximate surface area is 179 Å². The Morgan fingerprint density at radius 1 is 0.903 bits per heavy atom. The van der Waals surface area contributed by atoms with Gasteiger partial charge in [-0.1, -0.05) is 60.7 Å². The summed E-state index contributed by atoms with van der Waals surface area (Å²) in [5, 5.41) is 31.0. The largest absolute Gasteiger partial charge is 0.506 e. The predicted octanol–water partition coefficient (Wildman–Crippen LogP) is 3.21. The van der Waals surface area contributed by atoms with Crippen LogP contribution in [0.1, 0.15) is 11.1 Å². The first kappa shape index (κ1) is 21.4. The molecule has 3 rings (SSSR count). The number of ether oxygens (including phenoxy) is 2. The summed E-state index contributed by atoms with van der Waals surface area (Å²) in [6, 6.07) is 20.7. The van der Waals surface area contributed by atoms with Crippen molar-refractivity contribution in [2.75, 3.05) is 14.2 Å². The summed E-state index contributed by atoms with van der Waals surface area (Å²) in [5.41, 5.74) is -1.54. The van der Waals surface area contributed by atoms with Crippen LogP contribution in [0, 0.1) is 28.6 Å². The number of nitriles is 2. The Balaban J connectivity index is 2.61. The van der Waals surface area contributed by atoms with E-state index in [1.54, 1.807) is 60.7 Å². The minimum Gasteiger partial charge on any atom is -0.506 e. The van der Waals surface area contributed by atoms with Crippen LogP contribution in [-0.2, 0) is 24.5 Å². The highest BCUT2D eigenvalue weighted by Gasteiger charge is 2.59. The van der Waals surface area contributed by atoms with Crippen LogP contribution in [0.25, 0.3) is 5.57 Å². The molecule has 0 spiro atoms. The molecule has 7 nitrogen and oxygen atoms in total. The Hall–Kier alpha value is -4.36. The van der Waals surface area contributed by atoms with Crippen LogP contribution in [0.2, 0.25) is 0 Å². The lowest BCUT2D eigenvalue weighted by atomic mass is 9.62. The van der Waals surface area contributed by atoms with E-state index >= 15 is 0 Å². The highest BCUT2D eigenvalue weighted by atomic mass is 16.5. The minimum atomic E-state index is -1.80. The number of nitrogens with zero attached hydrogens (tertiary/aromatic N) is 2. The molecule has 1 N–H and O–H groups in total. The lowest BCUT2D eigenvalue weighted by molar-refractivity contribution is -0.137. The third-order valence-corrected chi connectivity index (χ3v) is 5.27. The van der Waals surface area contributed by atoms with Crippen LogP contribution in [-0.4, -0.2) is 31.3 Å². The number of carbonyl (C=O) groups excluding carboxylic acids is 2. The van der Waals surface area contributed by atoms with Gasteiger partial charge in [-0.25, -0.2) is 9.59 Å². The van der Waals surface area contributed by atoms with Gasteiger partial charge in [0.1, 0.15) is 11.3 Å². The lowest BCUT2D eigenvalue weighted by Gasteiger charge is -2.36. The second kappa shape index (κ2) is 8.56. The Morgan fingerprint density at radius 2 is 1.42 bits per heavy atom. The number of benzene rings is 2. The summed E-state index contributed by atoms with van der Waals surface area (Å²) in [7, 11) is 2.25. The number of rotatable bonds is 5. The molecule has 0 bridgehead atoms. The molecule has 1 unspecified atom stereocenters. The van der Waals surface area contributed by atoms with E-state index in [9.17, 15) is 25.2 Å². The van der Waals surface area contributed by atoms with Gasteiger partial charge in [-0.2, -0.15) is 10.5 Å². The van der Waals surface area contributed by atoms with Gasteiger partial charge in [0, 0.05) is 0 Å². The average molecular weight is 414 g/mol. The molecule has 0 saturated carbocycles.